The molecule has 6 aliphatic rings. The molecular formula is C35H55N3O3. The number of carbonyl (C=O) groups is 2. The fourth-order valence-electron chi connectivity index (χ4n) is 10.8. The van der Waals surface area contributed by atoms with Crippen molar-refractivity contribution in [1.29, 1.82) is 0 Å². The van der Waals surface area contributed by atoms with Gasteiger partial charge in [0.2, 0.25) is 0 Å². The van der Waals surface area contributed by atoms with Crippen LogP contribution in [0.5, 0.6) is 0 Å². The summed E-state index contributed by atoms with van der Waals surface area (Å²) in [5.74, 6) is 2.84. The van der Waals surface area contributed by atoms with E-state index in [1.807, 2.05) is 11.0 Å². The van der Waals surface area contributed by atoms with Crippen LogP contribution in [0.1, 0.15) is 125 Å². The molecule has 1 unspecified atom stereocenters. The van der Waals surface area contributed by atoms with E-state index in [1.165, 1.54) is 44.1 Å². The number of fused-ring (bicyclic) bond motifs is 5. The van der Waals surface area contributed by atoms with Crippen LogP contribution in [0.3, 0.4) is 0 Å². The molecule has 41 heavy (non-hydrogen) atoms. The van der Waals surface area contributed by atoms with E-state index in [9.17, 15) is 9.59 Å². The minimum Gasteiger partial charge on any atom is -0.313 e. The van der Waals surface area contributed by atoms with Crippen LogP contribution in [0.2, 0.25) is 0 Å². The van der Waals surface area contributed by atoms with Crippen molar-refractivity contribution in [2.75, 3.05) is 13.1 Å². The second-order valence-corrected chi connectivity index (χ2v) is 16.1. The number of rotatable bonds is 6. The number of hydrogen-bond donors (Lipinski definition) is 1. The zero-order valence-corrected chi connectivity index (χ0v) is 26.5. The third-order valence-electron chi connectivity index (χ3n) is 13.1. The molecule has 1 heterocycles. The molecule has 6 heteroatoms. The van der Waals surface area contributed by atoms with Gasteiger partial charge in [0, 0.05) is 37.5 Å². The van der Waals surface area contributed by atoms with Gasteiger partial charge in [0.25, 0.3) is 0 Å². The SMILES string of the molecule is C/C(=N\OC(=O)N(CCC1CC(C)(C)CN1)C1CCCC1)[C@H]1CC[C@H]2[C@@H]3CCC4=CC(=O)CC[C@]4(C)[C@H]3CC[C@]12C. The molecular weight excluding hydrogens is 510 g/mol. The minimum absolute atomic E-state index is 0.211. The Morgan fingerprint density at radius 3 is 2.54 bits per heavy atom. The summed E-state index contributed by atoms with van der Waals surface area (Å²) in [6.45, 7) is 13.5. The van der Waals surface area contributed by atoms with E-state index in [-0.39, 0.29) is 23.0 Å². The Hall–Kier alpha value is -1.69. The summed E-state index contributed by atoms with van der Waals surface area (Å²) in [5.41, 5.74) is 3.22. The van der Waals surface area contributed by atoms with Crippen molar-refractivity contribution in [2.24, 2.45) is 45.1 Å². The number of carbonyl (C=O) groups excluding carboxylic acids is 2. The van der Waals surface area contributed by atoms with Gasteiger partial charge in [0.05, 0.1) is 5.71 Å². The van der Waals surface area contributed by atoms with Gasteiger partial charge in [-0.1, -0.05) is 51.3 Å². The molecule has 228 valence electrons. The molecule has 1 saturated heterocycles. The lowest BCUT2D eigenvalue weighted by Gasteiger charge is -2.58. The normalized spacial score (nSPS) is 40.5. The average Bonchev–Trinajstić information content (AvgIpc) is 3.66. The van der Waals surface area contributed by atoms with E-state index < -0.39 is 0 Å². The molecule has 0 bridgehead atoms. The van der Waals surface area contributed by atoms with E-state index in [1.54, 1.807) is 0 Å². The second-order valence-electron chi connectivity index (χ2n) is 16.1. The lowest BCUT2D eigenvalue weighted by molar-refractivity contribution is -0.117. The molecule has 4 saturated carbocycles. The highest BCUT2D eigenvalue weighted by Gasteiger charge is 2.59. The first kappa shape index (κ1) is 29.4. The fraction of sp³-hybridized carbons (Fsp3) is 0.857. The summed E-state index contributed by atoms with van der Waals surface area (Å²) in [5, 5.41) is 8.26. The quantitative estimate of drug-likeness (QED) is 0.204. The third kappa shape index (κ3) is 5.45. The van der Waals surface area contributed by atoms with Crippen molar-refractivity contribution < 1.29 is 14.4 Å². The maximum atomic E-state index is 13.5. The van der Waals surface area contributed by atoms with Gasteiger partial charge in [0.15, 0.2) is 5.78 Å². The molecule has 0 aromatic carbocycles. The molecule has 6 nitrogen and oxygen atoms in total. The highest BCUT2D eigenvalue weighted by atomic mass is 16.7. The van der Waals surface area contributed by atoms with E-state index in [4.69, 9.17) is 4.84 Å². The summed E-state index contributed by atoms with van der Waals surface area (Å²) in [7, 11) is 0. The van der Waals surface area contributed by atoms with Crippen LogP contribution >= 0.6 is 0 Å². The first-order valence-electron chi connectivity index (χ1n) is 17.0. The first-order valence-corrected chi connectivity index (χ1v) is 17.0. The molecule has 1 amide bonds. The number of hydrogen-bond acceptors (Lipinski definition) is 5. The summed E-state index contributed by atoms with van der Waals surface area (Å²) in [6, 6.07) is 0.762. The minimum atomic E-state index is -0.247. The van der Waals surface area contributed by atoms with Crippen LogP contribution < -0.4 is 5.32 Å². The fourth-order valence-corrected chi connectivity index (χ4v) is 10.8. The van der Waals surface area contributed by atoms with Crippen molar-refractivity contribution in [1.82, 2.24) is 10.2 Å². The van der Waals surface area contributed by atoms with Gasteiger partial charge in [-0.05, 0) is 118 Å². The molecule has 5 aliphatic carbocycles. The predicted octanol–water partition coefficient (Wildman–Crippen LogP) is 7.67. The molecule has 0 radical (unpaired) electrons. The molecule has 6 rings (SSSR count). The van der Waals surface area contributed by atoms with Crippen LogP contribution in [-0.2, 0) is 9.63 Å². The van der Waals surface area contributed by atoms with Crippen LogP contribution in [0.15, 0.2) is 16.8 Å². The highest BCUT2D eigenvalue weighted by Crippen LogP contribution is 2.66. The summed E-state index contributed by atoms with van der Waals surface area (Å²) in [4.78, 5) is 33.5. The highest BCUT2D eigenvalue weighted by molar-refractivity contribution is 5.91. The van der Waals surface area contributed by atoms with Crippen molar-refractivity contribution in [3.05, 3.63) is 11.6 Å². The standard InChI is InChI=1S/C35H55N3O3/c1-23(37-41-32(40)38(26-8-6-7-9-26)19-16-25-21-33(2,3)22-36-25)29-12-13-30-28-11-10-24-20-27(39)14-17-34(24,4)31(28)15-18-35(29,30)5/h20,25-26,28-31,36H,6-19,21-22H2,1-5H3/b37-23+/t25?,28-,29+,30-,31-,34-,35+/m0/s1. The van der Waals surface area contributed by atoms with Crippen molar-refractivity contribution in [3.63, 3.8) is 0 Å². The Bertz CT molecular complexity index is 1090. The maximum absolute atomic E-state index is 13.5. The Morgan fingerprint density at radius 1 is 1.02 bits per heavy atom. The Morgan fingerprint density at radius 2 is 1.80 bits per heavy atom. The zero-order valence-electron chi connectivity index (χ0n) is 26.5. The summed E-state index contributed by atoms with van der Waals surface area (Å²) >= 11 is 0. The van der Waals surface area contributed by atoms with Crippen molar-refractivity contribution >= 4 is 17.6 Å². The van der Waals surface area contributed by atoms with E-state index in [2.05, 4.69) is 45.1 Å². The zero-order chi connectivity index (χ0) is 29.0. The maximum Gasteiger partial charge on any atom is 0.436 e. The van der Waals surface area contributed by atoms with E-state index in [0.29, 0.717) is 35.0 Å². The third-order valence-corrected chi connectivity index (χ3v) is 13.1. The number of nitrogens with one attached hydrogen (secondary N) is 1. The molecule has 7 atom stereocenters. The number of allylic oxidation sites excluding steroid dienone is 1. The smallest absolute Gasteiger partial charge is 0.313 e. The lowest BCUT2D eigenvalue weighted by atomic mass is 9.46. The van der Waals surface area contributed by atoms with Crippen LogP contribution in [0.4, 0.5) is 4.79 Å². The first-order chi connectivity index (χ1) is 19.5. The van der Waals surface area contributed by atoms with Gasteiger partial charge in [-0.25, -0.2) is 4.79 Å². The molecule has 0 aromatic rings. The number of nitrogens with zero attached hydrogens (tertiary/aromatic N) is 2. The largest absolute Gasteiger partial charge is 0.436 e. The topological polar surface area (TPSA) is 71.0 Å². The Labute approximate surface area is 248 Å². The molecule has 0 aromatic heterocycles. The van der Waals surface area contributed by atoms with E-state index >= 15 is 0 Å². The van der Waals surface area contributed by atoms with Crippen molar-refractivity contribution in [2.45, 2.75) is 137 Å². The van der Waals surface area contributed by atoms with Gasteiger partial charge in [-0.15, -0.1) is 0 Å². The van der Waals surface area contributed by atoms with E-state index in [0.717, 1.165) is 76.1 Å². The van der Waals surface area contributed by atoms with Crippen LogP contribution in [0, 0.1) is 39.9 Å². The Kier molecular flexibility index (Phi) is 7.96. The monoisotopic (exact) mass is 565 g/mol. The molecule has 1 N–H and O–H groups in total. The van der Waals surface area contributed by atoms with Crippen LogP contribution in [-0.4, -0.2) is 47.7 Å². The number of amides is 1. The number of ketones is 1. The van der Waals surface area contributed by atoms with Crippen molar-refractivity contribution in [3.8, 4) is 0 Å². The van der Waals surface area contributed by atoms with Gasteiger partial charge < -0.3 is 10.2 Å². The van der Waals surface area contributed by atoms with Gasteiger partial charge in [0.1, 0.15) is 0 Å². The summed E-state index contributed by atoms with van der Waals surface area (Å²) < 4.78 is 0. The van der Waals surface area contributed by atoms with Crippen LogP contribution in [0.25, 0.3) is 0 Å². The molecule has 1 aliphatic heterocycles. The predicted molar refractivity (Wildman–Crippen MR) is 164 cm³/mol. The summed E-state index contributed by atoms with van der Waals surface area (Å²) in [6.07, 6.45) is 17.4. The number of oxime groups is 1. The lowest BCUT2D eigenvalue weighted by Crippen LogP contribution is -2.51. The molecule has 5 fully saturated rings. The van der Waals surface area contributed by atoms with Gasteiger partial charge in [-0.3, -0.25) is 9.63 Å². The van der Waals surface area contributed by atoms with Gasteiger partial charge in [-0.2, -0.15) is 0 Å². The Balaban J connectivity index is 1.11. The van der Waals surface area contributed by atoms with Gasteiger partial charge >= 0.3 is 6.09 Å². The molecule has 0 spiro atoms. The average molecular weight is 566 g/mol. The second kappa shape index (κ2) is 11.1.